The molecule has 1 atom stereocenters. The normalized spacial score (nSPS) is 18.1. The van der Waals surface area contributed by atoms with E-state index in [9.17, 15) is 12.8 Å². The molecule has 8 heteroatoms. The van der Waals surface area contributed by atoms with Crippen molar-refractivity contribution in [1.82, 2.24) is 18.8 Å². The second kappa shape index (κ2) is 8.04. The van der Waals surface area contributed by atoms with Crippen molar-refractivity contribution in [2.45, 2.75) is 30.2 Å². The zero-order chi connectivity index (χ0) is 20.4. The quantitative estimate of drug-likeness (QED) is 0.643. The number of hydrogen-bond donors (Lipinski definition) is 0. The van der Waals surface area contributed by atoms with Gasteiger partial charge in [-0.05, 0) is 42.7 Å². The number of aryl methyl sites for hydroxylation is 1. The number of pyridine rings is 1. The zero-order valence-electron chi connectivity index (χ0n) is 16.2. The van der Waals surface area contributed by atoms with E-state index >= 15 is 0 Å². The molecule has 1 aliphatic heterocycles. The maximum absolute atomic E-state index is 13.4. The third-order valence-corrected chi connectivity index (χ3v) is 6.94. The van der Waals surface area contributed by atoms with Crippen molar-refractivity contribution in [3.05, 3.63) is 77.8 Å². The van der Waals surface area contributed by atoms with Crippen molar-refractivity contribution in [2.24, 2.45) is 7.05 Å². The highest BCUT2D eigenvalue weighted by Gasteiger charge is 2.32. The standard InChI is InChI=1S/C21H23FN4O2S/c1-25-14-21(23-15-25)29(27,28)26-10-4-6-17(13-26)20-9-3-8-19(24-20)12-16-5-2-7-18(22)11-16/h2-3,5,7-9,11,14-15,17H,4,6,10,12-13H2,1H3/t17-/m0/s1. The molecule has 0 aliphatic carbocycles. The SMILES string of the molecule is Cn1cnc(S(=O)(=O)N2CCC[C@H](c3cccc(Cc4cccc(F)c4)n3)C2)c1. The topological polar surface area (TPSA) is 68.1 Å². The van der Waals surface area contributed by atoms with Gasteiger partial charge in [-0.1, -0.05) is 18.2 Å². The second-order valence-electron chi connectivity index (χ2n) is 7.44. The predicted octanol–water partition coefficient (Wildman–Crippen LogP) is 3.11. The van der Waals surface area contributed by atoms with Crippen LogP contribution >= 0.6 is 0 Å². The predicted molar refractivity (Wildman–Crippen MR) is 107 cm³/mol. The Kier molecular flexibility index (Phi) is 5.47. The summed E-state index contributed by atoms with van der Waals surface area (Å²) in [6.07, 6.45) is 5.20. The lowest BCUT2D eigenvalue weighted by Crippen LogP contribution is -2.39. The van der Waals surface area contributed by atoms with Gasteiger partial charge >= 0.3 is 0 Å². The summed E-state index contributed by atoms with van der Waals surface area (Å²) in [5.74, 6) is -0.240. The molecule has 0 spiro atoms. The fourth-order valence-electron chi connectivity index (χ4n) is 3.74. The van der Waals surface area contributed by atoms with Crippen LogP contribution in [0, 0.1) is 5.82 Å². The van der Waals surface area contributed by atoms with Crippen molar-refractivity contribution in [3.8, 4) is 0 Å². The summed E-state index contributed by atoms with van der Waals surface area (Å²) in [6, 6.07) is 12.3. The number of hydrogen-bond acceptors (Lipinski definition) is 4. The Bertz CT molecular complexity index is 1110. The zero-order valence-corrected chi connectivity index (χ0v) is 17.0. The molecule has 3 heterocycles. The minimum absolute atomic E-state index is 0.0229. The molecular formula is C21H23FN4O2S. The lowest BCUT2D eigenvalue weighted by Gasteiger charge is -2.31. The summed E-state index contributed by atoms with van der Waals surface area (Å²) in [6.45, 7) is 0.869. The molecule has 6 nitrogen and oxygen atoms in total. The van der Waals surface area contributed by atoms with Crippen molar-refractivity contribution < 1.29 is 12.8 Å². The van der Waals surface area contributed by atoms with Crippen LogP contribution in [0.15, 0.2) is 60.0 Å². The van der Waals surface area contributed by atoms with Crippen LogP contribution in [0.25, 0.3) is 0 Å². The van der Waals surface area contributed by atoms with E-state index < -0.39 is 10.0 Å². The summed E-state index contributed by atoms with van der Waals surface area (Å²) in [7, 11) is -1.86. The van der Waals surface area contributed by atoms with Crippen LogP contribution in [0.5, 0.6) is 0 Å². The minimum atomic E-state index is -3.61. The Labute approximate surface area is 170 Å². The van der Waals surface area contributed by atoms with Crippen LogP contribution in [-0.4, -0.2) is 40.3 Å². The van der Waals surface area contributed by atoms with Crippen molar-refractivity contribution >= 4 is 10.0 Å². The highest BCUT2D eigenvalue weighted by atomic mass is 32.2. The monoisotopic (exact) mass is 414 g/mol. The molecule has 1 fully saturated rings. The number of imidazole rings is 1. The van der Waals surface area contributed by atoms with Gasteiger partial charge in [-0.15, -0.1) is 0 Å². The molecule has 29 heavy (non-hydrogen) atoms. The van der Waals surface area contributed by atoms with Crippen molar-refractivity contribution in [2.75, 3.05) is 13.1 Å². The van der Waals surface area contributed by atoms with E-state index in [1.165, 1.54) is 29.0 Å². The third-order valence-electron chi connectivity index (χ3n) is 5.19. The molecule has 152 valence electrons. The molecule has 1 aromatic carbocycles. The van der Waals surface area contributed by atoms with Crippen LogP contribution < -0.4 is 0 Å². The summed E-state index contributed by atoms with van der Waals surface area (Å²) in [5.41, 5.74) is 2.58. The molecule has 0 saturated carbocycles. The number of nitrogens with zero attached hydrogens (tertiary/aromatic N) is 4. The molecule has 4 rings (SSSR count). The highest BCUT2D eigenvalue weighted by molar-refractivity contribution is 7.89. The first kappa shape index (κ1) is 19.7. The van der Waals surface area contributed by atoms with Gasteiger partial charge in [0.25, 0.3) is 10.0 Å². The Morgan fingerprint density at radius 3 is 2.79 bits per heavy atom. The number of piperidine rings is 1. The molecule has 0 radical (unpaired) electrons. The summed E-state index contributed by atoms with van der Waals surface area (Å²) in [4.78, 5) is 8.77. The van der Waals surface area contributed by atoms with Crippen LogP contribution in [0.4, 0.5) is 4.39 Å². The first-order valence-corrected chi connectivity index (χ1v) is 11.0. The van der Waals surface area contributed by atoms with E-state index in [0.29, 0.717) is 19.5 Å². The second-order valence-corrected chi connectivity index (χ2v) is 9.32. The molecule has 0 unspecified atom stereocenters. The molecule has 1 saturated heterocycles. The Morgan fingerprint density at radius 1 is 1.21 bits per heavy atom. The molecule has 0 N–H and O–H groups in total. The number of aromatic nitrogens is 3. The lowest BCUT2D eigenvalue weighted by molar-refractivity contribution is 0.311. The van der Waals surface area contributed by atoms with Gasteiger partial charge in [0.2, 0.25) is 0 Å². The van der Waals surface area contributed by atoms with Crippen LogP contribution in [-0.2, 0) is 23.5 Å². The molecular weight excluding hydrogens is 391 g/mol. The average Bonchev–Trinajstić information content (AvgIpc) is 3.16. The smallest absolute Gasteiger partial charge is 0.262 e. The Morgan fingerprint density at radius 2 is 2.03 bits per heavy atom. The first-order valence-electron chi connectivity index (χ1n) is 9.60. The van der Waals surface area contributed by atoms with E-state index in [2.05, 4.69) is 4.98 Å². The van der Waals surface area contributed by atoms with Gasteiger partial charge in [-0.2, -0.15) is 4.31 Å². The summed E-state index contributed by atoms with van der Waals surface area (Å²) in [5, 5.41) is 0.0773. The number of halogens is 1. The summed E-state index contributed by atoms with van der Waals surface area (Å²) < 4.78 is 42.4. The Balaban J connectivity index is 1.52. The first-order chi connectivity index (χ1) is 13.9. The lowest BCUT2D eigenvalue weighted by atomic mass is 9.95. The number of sulfonamides is 1. The summed E-state index contributed by atoms with van der Waals surface area (Å²) >= 11 is 0. The molecule has 0 amide bonds. The van der Waals surface area contributed by atoms with Crippen LogP contribution in [0.1, 0.15) is 35.7 Å². The maximum Gasteiger partial charge on any atom is 0.262 e. The van der Waals surface area contributed by atoms with Gasteiger partial charge < -0.3 is 4.57 Å². The van der Waals surface area contributed by atoms with Gasteiger partial charge in [0.15, 0.2) is 5.03 Å². The van der Waals surface area contributed by atoms with Gasteiger partial charge in [-0.25, -0.2) is 17.8 Å². The van der Waals surface area contributed by atoms with E-state index in [4.69, 9.17) is 4.98 Å². The molecule has 3 aromatic rings. The van der Waals surface area contributed by atoms with Crippen molar-refractivity contribution in [3.63, 3.8) is 0 Å². The van der Waals surface area contributed by atoms with E-state index in [1.807, 2.05) is 24.3 Å². The average molecular weight is 415 g/mol. The Hall–Kier alpha value is -2.58. The van der Waals surface area contributed by atoms with Gasteiger partial charge in [0.05, 0.1) is 6.33 Å². The van der Waals surface area contributed by atoms with Crippen molar-refractivity contribution in [1.29, 1.82) is 0 Å². The highest BCUT2D eigenvalue weighted by Crippen LogP contribution is 2.29. The van der Waals surface area contributed by atoms with Gasteiger partial charge in [0.1, 0.15) is 5.82 Å². The molecule has 1 aliphatic rings. The van der Waals surface area contributed by atoms with Crippen LogP contribution in [0.3, 0.4) is 0 Å². The van der Waals surface area contributed by atoms with E-state index in [0.717, 1.165) is 29.8 Å². The fraction of sp³-hybridized carbons (Fsp3) is 0.333. The minimum Gasteiger partial charge on any atom is -0.339 e. The van der Waals surface area contributed by atoms with E-state index in [-0.39, 0.29) is 16.8 Å². The fourth-order valence-corrected chi connectivity index (χ4v) is 5.23. The van der Waals surface area contributed by atoms with Crippen LogP contribution in [0.2, 0.25) is 0 Å². The largest absolute Gasteiger partial charge is 0.339 e. The van der Waals surface area contributed by atoms with Gasteiger partial charge in [-0.3, -0.25) is 4.98 Å². The van der Waals surface area contributed by atoms with Gasteiger partial charge in [0, 0.05) is 50.1 Å². The maximum atomic E-state index is 13.4. The van der Waals surface area contributed by atoms with E-state index in [1.54, 1.807) is 17.7 Å². The molecule has 0 bridgehead atoms. The number of rotatable bonds is 5. The third kappa shape index (κ3) is 4.38. The number of benzene rings is 1. The molecule has 2 aromatic heterocycles.